The summed E-state index contributed by atoms with van der Waals surface area (Å²) in [5.41, 5.74) is 3.06. The second-order valence-electron chi connectivity index (χ2n) is 4.37. The molecule has 0 aromatic carbocycles. The van der Waals surface area contributed by atoms with Crippen LogP contribution >= 0.6 is 0 Å². The molecule has 1 fully saturated rings. The molecule has 1 aliphatic rings. The van der Waals surface area contributed by atoms with Gasteiger partial charge in [0.2, 0.25) is 5.78 Å². The van der Waals surface area contributed by atoms with Gasteiger partial charge in [-0.2, -0.15) is 0 Å². The maximum atomic E-state index is 11.4. The lowest BCUT2D eigenvalue weighted by atomic mass is 10.2. The van der Waals surface area contributed by atoms with Crippen LogP contribution in [0.25, 0.3) is 0 Å². The highest BCUT2D eigenvalue weighted by atomic mass is 28.3. The molecule has 0 saturated carbocycles. The lowest BCUT2D eigenvalue weighted by molar-refractivity contribution is -0.122. The zero-order valence-electron chi connectivity index (χ0n) is 8.52. The summed E-state index contributed by atoms with van der Waals surface area (Å²) in [6.07, 6.45) is 1.60. The van der Waals surface area contributed by atoms with Crippen LogP contribution in [0.3, 0.4) is 0 Å². The van der Waals surface area contributed by atoms with Crippen LogP contribution in [0, 0.1) is 11.5 Å². The van der Waals surface area contributed by atoms with E-state index < -0.39 is 8.07 Å². The molecule has 1 aliphatic heterocycles. The number of hydrogen-bond donors (Lipinski definition) is 0. The zero-order valence-corrected chi connectivity index (χ0v) is 9.52. The van der Waals surface area contributed by atoms with Crippen molar-refractivity contribution < 1.29 is 9.53 Å². The Morgan fingerprint density at radius 1 is 1.46 bits per heavy atom. The Labute approximate surface area is 80.7 Å². The minimum absolute atomic E-state index is 0.0278. The summed E-state index contributed by atoms with van der Waals surface area (Å²) in [4.78, 5) is 11.4. The Bertz CT molecular complexity index is 248. The first-order chi connectivity index (χ1) is 5.99. The van der Waals surface area contributed by atoms with Gasteiger partial charge in [0, 0.05) is 6.61 Å². The molecule has 0 bridgehead atoms. The van der Waals surface area contributed by atoms with E-state index in [0.717, 1.165) is 12.8 Å². The first-order valence-corrected chi connectivity index (χ1v) is 8.18. The van der Waals surface area contributed by atoms with Crippen LogP contribution in [-0.4, -0.2) is 26.6 Å². The van der Waals surface area contributed by atoms with Gasteiger partial charge in [0.1, 0.15) is 14.2 Å². The summed E-state index contributed by atoms with van der Waals surface area (Å²) < 4.78 is 5.24. The Morgan fingerprint density at radius 2 is 2.15 bits per heavy atom. The van der Waals surface area contributed by atoms with Gasteiger partial charge in [-0.25, -0.2) is 0 Å². The van der Waals surface area contributed by atoms with Gasteiger partial charge in [-0.05, 0) is 18.8 Å². The molecule has 2 nitrogen and oxygen atoms in total. The van der Waals surface area contributed by atoms with Gasteiger partial charge in [0.05, 0.1) is 0 Å². The molecular weight excluding hydrogens is 180 g/mol. The molecule has 1 rings (SSSR count). The fraction of sp³-hybridized carbons (Fsp3) is 0.700. The molecule has 72 valence electrons. The van der Waals surface area contributed by atoms with Crippen LogP contribution in [0.1, 0.15) is 12.8 Å². The molecular formula is C10H16O2Si. The van der Waals surface area contributed by atoms with Crippen molar-refractivity contribution in [3.63, 3.8) is 0 Å². The molecule has 0 unspecified atom stereocenters. The van der Waals surface area contributed by atoms with Gasteiger partial charge in [0.15, 0.2) is 0 Å². The number of ether oxygens (including phenoxy) is 1. The van der Waals surface area contributed by atoms with Crippen LogP contribution in [0.5, 0.6) is 0 Å². The molecule has 0 aliphatic carbocycles. The normalized spacial score (nSPS) is 22.2. The van der Waals surface area contributed by atoms with Crippen LogP contribution in [0.2, 0.25) is 19.6 Å². The maximum Gasteiger partial charge on any atom is 0.233 e. The minimum atomic E-state index is -1.41. The third-order valence-electron chi connectivity index (χ3n) is 1.78. The first-order valence-electron chi connectivity index (χ1n) is 4.68. The first kappa shape index (κ1) is 10.5. The lowest BCUT2D eigenvalue weighted by Gasteiger charge is -2.05. The summed E-state index contributed by atoms with van der Waals surface area (Å²) in [5.74, 6) is 2.68. The predicted molar refractivity (Wildman–Crippen MR) is 55.1 cm³/mol. The maximum absolute atomic E-state index is 11.4. The van der Waals surface area contributed by atoms with Gasteiger partial charge in [0.25, 0.3) is 0 Å². The number of Topliss-reactive ketones (excluding diaryl/α,β-unsaturated/α-hetero) is 1. The van der Waals surface area contributed by atoms with E-state index in [1.165, 1.54) is 0 Å². The van der Waals surface area contributed by atoms with E-state index in [0.29, 0.717) is 6.61 Å². The minimum Gasteiger partial charge on any atom is -0.369 e. The monoisotopic (exact) mass is 196 g/mol. The van der Waals surface area contributed by atoms with Gasteiger partial charge < -0.3 is 4.74 Å². The summed E-state index contributed by atoms with van der Waals surface area (Å²) >= 11 is 0. The molecule has 0 spiro atoms. The lowest BCUT2D eigenvalue weighted by Crippen LogP contribution is -2.21. The third kappa shape index (κ3) is 3.75. The highest BCUT2D eigenvalue weighted by molar-refractivity contribution is 6.84. The molecule has 0 N–H and O–H groups in total. The van der Waals surface area contributed by atoms with Crippen molar-refractivity contribution in [3.05, 3.63) is 0 Å². The van der Waals surface area contributed by atoms with Crippen molar-refractivity contribution >= 4 is 13.9 Å². The average molecular weight is 196 g/mol. The van der Waals surface area contributed by atoms with E-state index in [1.54, 1.807) is 0 Å². The summed E-state index contributed by atoms with van der Waals surface area (Å²) in [7, 11) is -1.41. The topological polar surface area (TPSA) is 26.3 Å². The molecule has 1 heterocycles. The van der Waals surface area contributed by atoms with Crippen molar-refractivity contribution in [2.75, 3.05) is 6.61 Å². The summed E-state index contributed by atoms with van der Waals surface area (Å²) in [6.45, 7) is 7.10. The van der Waals surface area contributed by atoms with Crippen LogP contribution in [0.4, 0.5) is 0 Å². The average Bonchev–Trinajstić information content (AvgIpc) is 2.50. The van der Waals surface area contributed by atoms with E-state index >= 15 is 0 Å². The number of ketones is 1. The second kappa shape index (κ2) is 4.08. The van der Waals surface area contributed by atoms with Crippen LogP contribution in [0.15, 0.2) is 0 Å². The number of carbonyl (C=O) groups is 1. The highest BCUT2D eigenvalue weighted by Gasteiger charge is 2.22. The Kier molecular flexibility index (Phi) is 3.29. The third-order valence-corrected chi connectivity index (χ3v) is 2.66. The van der Waals surface area contributed by atoms with Gasteiger partial charge in [-0.15, -0.1) is 5.54 Å². The Morgan fingerprint density at radius 3 is 2.62 bits per heavy atom. The Balaban J connectivity index is 2.52. The molecule has 0 aromatic heterocycles. The zero-order chi connectivity index (χ0) is 9.90. The number of carbonyl (C=O) groups excluding carboxylic acids is 1. The van der Waals surface area contributed by atoms with Gasteiger partial charge in [-0.3, -0.25) is 4.79 Å². The molecule has 3 heteroatoms. The van der Waals surface area contributed by atoms with Gasteiger partial charge >= 0.3 is 0 Å². The SMILES string of the molecule is C[Si](C)(C)C#CC(=O)[C@H]1CCCO1. The standard InChI is InChI=1S/C10H16O2Si/c1-13(2,3)8-6-9(11)10-5-4-7-12-10/h10H,4-5,7H2,1-3H3/t10-/m1/s1. The molecule has 0 radical (unpaired) electrons. The highest BCUT2D eigenvalue weighted by Crippen LogP contribution is 2.12. The van der Waals surface area contributed by atoms with E-state index in [4.69, 9.17) is 4.74 Å². The fourth-order valence-corrected chi connectivity index (χ4v) is 1.61. The summed E-state index contributed by atoms with van der Waals surface area (Å²) in [6, 6.07) is 0. The van der Waals surface area contributed by atoms with Crippen molar-refractivity contribution in [2.45, 2.75) is 38.6 Å². The molecule has 0 amide bonds. The van der Waals surface area contributed by atoms with Crippen LogP contribution in [-0.2, 0) is 9.53 Å². The van der Waals surface area contributed by atoms with Crippen molar-refractivity contribution in [1.82, 2.24) is 0 Å². The van der Waals surface area contributed by atoms with E-state index in [-0.39, 0.29) is 11.9 Å². The quantitative estimate of drug-likeness (QED) is 0.470. The van der Waals surface area contributed by atoms with E-state index in [2.05, 4.69) is 31.1 Å². The summed E-state index contributed by atoms with van der Waals surface area (Å²) in [5, 5.41) is 0. The predicted octanol–water partition coefficient (Wildman–Crippen LogP) is 1.62. The molecule has 1 saturated heterocycles. The number of rotatable bonds is 1. The fourth-order valence-electron chi connectivity index (χ4n) is 1.11. The number of hydrogen-bond acceptors (Lipinski definition) is 2. The van der Waals surface area contributed by atoms with Crippen LogP contribution < -0.4 is 0 Å². The van der Waals surface area contributed by atoms with E-state index in [1.807, 2.05) is 0 Å². The smallest absolute Gasteiger partial charge is 0.233 e. The molecule has 1 atom stereocenters. The largest absolute Gasteiger partial charge is 0.369 e. The molecule has 13 heavy (non-hydrogen) atoms. The van der Waals surface area contributed by atoms with E-state index in [9.17, 15) is 4.79 Å². The molecule has 0 aromatic rings. The van der Waals surface area contributed by atoms with Gasteiger partial charge in [-0.1, -0.05) is 19.6 Å². The van der Waals surface area contributed by atoms with Crippen molar-refractivity contribution in [2.24, 2.45) is 0 Å². The van der Waals surface area contributed by atoms with Crippen molar-refractivity contribution in [1.29, 1.82) is 0 Å². The second-order valence-corrected chi connectivity index (χ2v) is 9.12. The van der Waals surface area contributed by atoms with Crippen molar-refractivity contribution in [3.8, 4) is 11.5 Å². The Hall–Kier alpha value is -0.593.